The lowest BCUT2D eigenvalue weighted by Gasteiger charge is -2.00. The molecule has 0 atom stereocenters. The van der Waals surface area contributed by atoms with Crippen LogP contribution in [-0.2, 0) is 6.54 Å². The Balaban J connectivity index is 1.76. The summed E-state index contributed by atoms with van der Waals surface area (Å²) in [6, 6.07) is 6.63. The summed E-state index contributed by atoms with van der Waals surface area (Å²) in [5.41, 5.74) is 2.22. The summed E-state index contributed by atoms with van der Waals surface area (Å²) in [6.07, 6.45) is 2.61. The molecule has 1 fully saturated rings. The van der Waals surface area contributed by atoms with Crippen molar-refractivity contribution in [1.82, 2.24) is 10.3 Å². The highest BCUT2D eigenvalue weighted by Crippen LogP contribution is 2.30. The van der Waals surface area contributed by atoms with Gasteiger partial charge in [0, 0.05) is 28.0 Å². The van der Waals surface area contributed by atoms with Crippen molar-refractivity contribution >= 4 is 38.9 Å². The minimum atomic E-state index is 0.722. The second kappa shape index (κ2) is 5.29. The molecule has 0 unspecified atom stereocenters. The third-order valence-corrected chi connectivity index (χ3v) is 5.02. The van der Waals surface area contributed by atoms with Gasteiger partial charge in [0.25, 0.3) is 0 Å². The monoisotopic (exact) mass is 342 g/mol. The van der Waals surface area contributed by atoms with Gasteiger partial charge in [-0.25, -0.2) is 4.98 Å². The molecule has 0 saturated heterocycles. The fraction of sp³-hybridized carbons (Fsp3) is 0.308. The predicted octanol–water partition coefficient (Wildman–Crippen LogP) is 4.48. The fourth-order valence-corrected chi connectivity index (χ4v) is 3.00. The highest BCUT2D eigenvalue weighted by atomic mass is 79.9. The van der Waals surface area contributed by atoms with E-state index in [1.807, 2.05) is 18.2 Å². The van der Waals surface area contributed by atoms with E-state index >= 15 is 0 Å². The highest BCUT2D eigenvalue weighted by Gasteiger charge is 2.20. The zero-order valence-corrected chi connectivity index (χ0v) is 12.8. The van der Waals surface area contributed by atoms with Crippen LogP contribution < -0.4 is 5.32 Å². The van der Waals surface area contributed by atoms with Gasteiger partial charge in [-0.3, -0.25) is 0 Å². The van der Waals surface area contributed by atoms with Crippen LogP contribution in [0.1, 0.15) is 18.5 Å². The van der Waals surface area contributed by atoms with E-state index in [1.165, 1.54) is 12.8 Å². The molecule has 2 aromatic rings. The molecule has 5 heteroatoms. The second-order valence-electron chi connectivity index (χ2n) is 4.43. The van der Waals surface area contributed by atoms with Crippen LogP contribution in [0.2, 0.25) is 5.02 Å². The molecule has 1 aliphatic carbocycles. The third-order valence-electron chi connectivity index (χ3n) is 2.87. The number of benzene rings is 1. The van der Waals surface area contributed by atoms with E-state index in [-0.39, 0.29) is 0 Å². The second-order valence-corrected chi connectivity index (χ2v) is 6.55. The molecule has 1 heterocycles. The Morgan fingerprint density at radius 3 is 3.00 bits per heavy atom. The largest absolute Gasteiger partial charge is 0.308 e. The molecule has 1 aromatic heterocycles. The van der Waals surface area contributed by atoms with Crippen LogP contribution in [0, 0.1) is 0 Å². The lowest BCUT2D eigenvalue weighted by atomic mass is 10.2. The lowest BCUT2D eigenvalue weighted by Crippen LogP contribution is -2.15. The lowest BCUT2D eigenvalue weighted by molar-refractivity contribution is 0.678. The van der Waals surface area contributed by atoms with Crippen molar-refractivity contribution in [2.45, 2.75) is 25.4 Å². The van der Waals surface area contributed by atoms with Crippen molar-refractivity contribution in [2.75, 3.05) is 0 Å². The molecule has 1 N–H and O–H groups in total. The molecule has 1 aliphatic rings. The molecular formula is C13H12BrClN2S. The van der Waals surface area contributed by atoms with Gasteiger partial charge < -0.3 is 5.32 Å². The van der Waals surface area contributed by atoms with Crippen LogP contribution in [0.15, 0.2) is 28.1 Å². The van der Waals surface area contributed by atoms with Crippen LogP contribution >= 0.6 is 38.9 Å². The van der Waals surface area contributed by atoms with E-state index in [0.717, 1.165) is 38.3 Å². The topological polar surface area (TPSA) is 24.9 Å². The Hall–Kier alpha value is -0.420. The van der Waals surface area contributed by atoms with Gasteiger partial charge in [-0.15, -0.1) is 11.3 Å². The molecule has 1 aromatic carbocycles. The average Bonchev–Trinajstić information content (AvgIpc) is 3.08. The number of nitrogens with one attached hydrogen (secondary N) is 1. The highest BCUT2D eigenvalue weighted by molar-refractivity contribution is 9.10. The Morgan fingerprint density at radius 1 is 1.44 bits per heavy atom. The summed E-state index contributed by atoms with van der Waals surface area (Å²) in [5, 5.41) is 7.36. The first-order valence-corrected chi connectivity index (χ1v) is 7.90. The first kappa shape index (κ1) is 12.6. The Labute approximate surface area is 124 Å². The number of halogens is 2. The van der Waals surface area contributed by atoms with Crippen molar-refractivity contribution in [3.05, 3.63) is 38.8 Å². The van der Waals surface area contributed by atoms with Gasteiger partial charge in [-0.1, -0.05) is 17.7 Å². The smallest absolute Gasteiger partial charge is 0.123 e. The van der Waals surface area contributed by atoms with Gasteiger partial charge >= 0.3 is 0 Å². The number of aromatic nitrogens is 1. The SMILES string of the molecule is Clc1ccc(-c2nc(CNC3CC3)cs2)cc1Br. The molecule has 3 rings (SSSR count). The molecule has 0 radical (unpaired) electrons. The number of rotatable bonds is 4. The van der Waals surface area contributed by atoms with E-state index in [2.05, 4.69) is 31.6 Å². The molecule has 1 saturated carbocycles. The summed E-state index contributed by atoms with van der Waals surface area (Å²) in [6.45, 7) is 0.871. The Morgan fingerprint density at radius 2 is 2.28 bits per heavy atom. The Kier molecular flexibility index (Phi) is 3.71. The normalized spacial score (nSPS) is 15.0. The summed E-state index contributed by atoms with van der Waals surface area (Å²) in [4.78, 5) is 4.64. The van der Waals surface area contributed by atoms with Gasteiger partial charge in [-0.05, 0) is 40.9 Å². The standard InChI is InChI=1S/C13H12BrClN2S/c14-11-5-8(1-4-12(11)15)13-17-10(7-18-13)6-16-9-2-3-9/h1,4-5,7,9,16H,2-3,6H2. The number of nitrogens with zero attached hydrogens (tertiary/aromatic N) is 1. The molecule has 2 nitrogen and oxygen atoms in total. The predicted molar refractivity (Wildman–Crippen MR) is 80.1 cm³/mol. The fourth-order valence-electron chi connectivity index (χ4n) is 1.69. The molecular weight excluding hydrogens is 332 g/mol. The summed E-state index contributed by atoms with van der Waals surface area (Å²) >= 11 is 11.1. The number of hydrogen-bond acceptors (Lipinski definition) is 3. The molecule has 0 spiro atoms. The van der Waals surface area contributed by atoms with Gasteiger partial charge in [-0.2, -0.15) is 0 Å². The van der Waals surface area contributed by atoms with Gasteiger partial charge in [0.1, 0.15) is 5.01 Å². The number of hydrogen-bond donors (Lipinski definition) is 1. The van der Waals surface area contributed by atoms with E-state index in [0.29, 0.717) is 0 Å². The zero-order valence-electron chi connectivity index (χ0n) is 9.62. The van der Waals surface area contributed by atoms with E-state index in [9.17, 15) is 0 Å². The average molecular weight is 344 g/mol. The van der Waals surface area contributed by atoms with E-state index < -0.39 is 0 Å². The first-order valence-electron chi connectivity index (χ1n) is 5.85. The van der Waals surface area contributed by atoms with E-state index in [4.69, 9.17) is 11.6 Å². The maximum absolute atomic E-state index is 5.99. The van der Waals surface area contributed by atoms with Gasteiger partial charge in [0.2, 0.25) is 0 Å². The van der Waals surface area contributed by atoms with Crippen LogP contribution in [0.5, 0.6) is 0 Å². The Bertz CT molecular complexity index is 566. The van der Waals surface area contributed by atoms with Gasteiger partial charge in [0.15, 0.2) is 0 Å². The van der Waals surface area contributed by atoms with Crippen molar-refractivity contribution in [3.8, 4) is 10.6 Å². The van der Waals surface area contributed by atoms with Crippen molar-refractivity contribution in [3.63, 3.8) is 0 Å². The quantitative estimate of drug-likeness (QED) is 0.885. The summed E-state index contributed by atoms with van der Waals surface area (Å²) in [7, 11) is 0. The minimum absolute atomic E-state index is 0.722. The van der Waals surface area contributed by atoms with Crippen LogP contribution in [0.4, 0.5) is 0 Å². The molecule has 0 bridgehead atoms. The van der Waals surface area contributed by atoms with Crippen molar-refractivity contribution in [2.24, 2.45) is 0 Å². The van der Waals surface area contributed by atoms with E-state index in [1.54, 1.807) is 11.3 Å². The molecule has 18 heavy (non-hydrogen) atoms. The maximum Gasteiger partial charge on any atom is 0.123 e. The van der Waals surface area contributed by atoms with Crippen molar-refractivity contribution < 1.29 is 0 Å². The summed E-state index contributed by atoms with van der Waals surface area (Å²) < 4.78 is 0.912. The van der Waals surface area contributed by atoms with Gasteiger partial charge in [0.05, 0.1) is 10.7 Å². The zero-order chi connectivity index (χ0) is 12.5. The van der Waals surface area contributed by atoms with Crippen LogP contribution in [0.3, 0.4) is 0 Å². The number of thiazole rings is 1. The van der Waals surface area contributed by atoms with Crippen molar-refractivity contribution in [1.29, 1.82) is 0 Å². The minimum Gasteiger partial charge on any atom is -0.308 e. The molecule has 0 aliphatic heterocycles. The van der Waals surface area contributed by atoms with Crippen LogP contribution in [0.25, 0.3) is 10.6 Å². The maximum atomic E-state index is 5.99. The molecule has 0 amide bonds. The molecule has 94 valence electrons. The third kappa shape index (κ3) is 2.94. The summed E-state index contributed by atoms with van der Waals surface area (Å²) in [5.74, 6) is 0. The first-order chi connectivity index (χ1) is 8.72. The van der Waals surface area contributed by atoms with Crippen LogP contribution in [-0.4, -0.2) is 11.0 Å².